The van der Waals surface area contributed by atoms with E-state index in [0.29, 0.717) is 5.92 Å². The summed E-state index contributed by atoms with van der Waals surface area (Å²) in [5.41, 5.74) is 9.26. The van der Waals surface area contributed by atoms with Crippen LogP contribution in [0.2, 0.25) is 0 Å². The molecule has 5 rings (SSSR count). The lowest BCUT2D eigenvalue weighted by atomic mass is 9.83. The Hall–Kier alpha value is -2.87. The average Bonchev–Trinajstić information content (AvgIpc) is 2.73. The number of aryl methyl sites for hydroxylation is 2. The third-order valence-electron chi connectivity index (χ3n) is 6.98. The maximum atomic E-state index is 6.88. The molecule has 0 unspecified atom stereocenters. The van der Waals surface area contributed by atoms with Crippen molar-refractivity contribution < 1.29 is 9.30 Å². The minimum Gasteiger partial charge on any atom is -0.449 e. The molecular formula is C30H34NO+. The number of nitrogens with zero attached hydrogens (tertiary/aromatic N) is 1. The molecule has 0 radical (unpaired) electrons. The first-order valence-electron chi connectivity index (χ1n) is 11.8. The van der Waals surface area contributed by atoms with E-state index in [1.54, 1.807) is 0 Å². The van der Waals surface area contributed by atoms with Crippen LogP contribution in [-0.4, -0.2) is 0 Å². The number of pyridine rings is 1. The van der Waals surface area contributed by atoms with Gasteiger partial charge in [-0.25, -0.2) is 0 Å². The van der Waals surface area contributed by atoms with Gasteiger partial charge in [0.05, 0.1) is 10.9 Å². The van der Waals surface area contributed by atoms with Crippen LogP contribution in [0.1, 0.15) is 62.8 Å². The Bertz CT molecular complexity index is 1400. The summed E-state index contributed by atoms with van der Waals surface area (Å²) in [6.45, 7) is 15.9. The van der Waals surface area contributed by atoms with E-state index in [4.69, 9.17) is 4.74 Å². The predicted molar refractivity (Wildman–Crippen MR) is 135 cm³/mol. The van der Waals surface area contributed by atoms with Crippen molar-refractivity contribution in [2.45, 2.75) is 60.8 Å². The molecule has 0 bridgehead atoms. The van der Waals surface area contributed by atoms with E-state index in [1.807, 2.05) is 0 Å². The molecule has 3 aromatic carbocycles. The van der Waals surface area contributed by atoms with Crippen molar-refractivity contribution in [3.8, 4) is 22.8 Å². The van der Waals surface area contributed by atoms with E-state index in [-0.39, 0.29) is 5.41 Å². The highest BCUT2D eigenvalue weighted by atomic mass is 16.5. The van der Waals surface area contributed by atoms with Gasteiger partial charge in [-0.1, -0.05) is 58.9 Å². The second kappa shape index (κ2) is 7.07. The highest BCUT2D eigenvalue weighted by Gasteiger charge is 2.35. The van der Waals surface area contributed by atoms with Crippen molar-refractivity contribution in [3.05, 3.63) is 64.7 Å². The van der Waals surface area contributed by atoms with E-state index < -0.39 is 0 Å². The van der Waals surface area contributed by atoms with Gasteiger partial charge in [-0.15, -0.1) is 0 Å². The molecule has 0 fully saturated rings. The fraction of sp³-hybridized carbons (Fsp3) is 0.367. The number of ether oxygens (including phenoxy) is 1. The van der Waals surface area contributed by atoms with E-state index in [1.165, 1.54) is 55.2 Å². The third kappa shape index (κ3) is 3.11. The van der Waals surface area contributed by atoms with Gasteiger partial charge < -0.3 is 4.74 Å². The highest BCUT2D eigenvalue weighted by Crippen LogP contribution is 2.51. The van der Waals surface area contributed by atoms with Crippen LogP contribution < -0.4 is 9.30 Å². The molecule has 0 atom stereocenters. The number of aromatic nitrogens is 1. The Morgan fingerprint density at radius 3 is 2.41 bits per heavy atom. The van der Waals surface area contributed by atoms with Crippen LogP contribution in [0.25, 0.3) is 32.9 Å². The largest absolute Gasteiger partial charge is 0.449 e. The van der Waals surface area contributed by atoms with Gasteiger partial charge >= 0.3 is 0 Å². The van der Waals surface area contributed by atoms with Gasteiger partial charge in [-0.05, 0) is 65.8 Å². The monoisotopic (exact) mass is 424 g/mol. The topological polar surface area (TPSA) is 13.1 Å². The lowest BCUT2D eigenvalue weighted by molar-refractivity contribution is -0.633. The molecule has 4 aromatic rings. The van der Waals surface area contributed by atoms with Gasteiger partial charge in [0.1, 0.15) is 12.8 Å². The fourth-order valence-corrected chi connectivity index (χ4v) is 5.24. The molecule has 0 spiro atoms. The quantitative estimate of drug-likeness (QED) is 0.262. The summed E-state index contributed by atoms with van der Waals surface area (Å²) >= 11 is 0. The molecule has 0 N–H and O–H groups in total. The van der Waals surface area contributed by atoms with E-state index >= 15 is 0 Å². The molecule has 1 aliphatic rings. The lowest BCUT2D eigenvalue weighted by Crippen LogP contribution is -2.35. The molecule has 164 valence electrons. The van der Waals surface area contributed by atoms with Gasteiger partial charge in [-0.2, -0.15) is 4.57 Å². The van der Waals surface area contributed by atoms with Gasteiger partial charge in [0.2, 0.25) is 11.3 Å². The predicted octanol–water partition coefficient (Wildman–Crippen LogP) is 7.92. The molecule has 0 saturated carbocycles. The molecule has 2 heteroatoms. The van der Waals surface area contributed by atoms with Crippen LogP contribution in [0.5, 0.6) is 11.5 Å². The Morgan fingerprint density at radius 1 is 1.00 bits per heavy atom. The summed E-state index contributed by atoms with van der Waals surface area (Å²) in [5.74, 6) is 2.49. The molecule has 0 amide bonds. The minimum absolute atomic E-state index is 0.150. The Labute approximate surface area is 191 Å². The SMILES string of the molecule is Cc1cc2cc(C(C)C)cc3c2c(c1C)-c1c(c(CC(C)(C)C)c2ccccc2[n+]1C)O3. The Kier molecular flexibility index (Phi) is 4.64. The second-order valence-corrected chi connectivity index (χ2v) is 11.0. The molecule has 32 heavy (non-hydrogen) atoms. The minimum atomic E-state index is 0.150. The lowest BCUT2D eigenvalue weighted by Gasteiger charge is -2.27. The van der Waals surface area contributed by atoms with E-state index in [2.05, 4.69) is 103 Å². The summed E-state index contributed by atoms with van der Waals surface area (Å²) in [6, 6.07) is 15.7. The number of hydrogen-bond acceptors (Lipinski definition) is 1. The van der Waals surface area contributed by atoms with Gasteiger partial charge in [-0.3, -0.25) is 0 Å². The number of hydrogen-bond donors (Lipinski definition) is 0. The van der Waals surface area contributed by atoms with Gasteiger partial charge in [0.25, 0.3) is 5.69 Å². The molecule has 0 saturated heterocycles. The van der Waals surface area contributed by atoms with Crippen molar-refractivity contribution in [2.75, 3.05) is 0 Å². The van der Waals surface area contributed by atoms with Gasteiger partial charge in [0.15, 0.2) is 0 Å². The Morgan fingerprint density at radius 2 is 1.72 bits per heavy atom. The van der Waals surface area contributed by atoms with Crippen LogP contribution in [-0.2, 0) is 13.5 Å². The van der Waals surface area contributed by atoms with E-state index in [9.17, 15) is 0 Å². The van der Waals surface area contributed by atoms with Crippen LogP contribution in [0.4, 0.5) is 0 Å². The van der Waals surface area contributed by atoms with Crippen molar-refractivity contribution >= 4 is 21.7 Å². The number of benzene rings is 3. The van der Waals surface area contributed by atoms with Crippen LogP contribution >= 0.6 is 0 Å². The van der Waals surface area contributed by atoms with Crippen LogP contribution in [0.3, 0.4) is 0 Å². The van der Waals surface area contributed by atoms with Crippen molar-refractivity contribution in [1.82, 2.24) is 0 Å². The van der Waals surface area contributed by atoms with Crippen molar-refractivity contribution in [3.63, 3.8) is 0 Å². The van der Waals surface area contributed by atoms with Crippen molar-refractivity contribution in [1.29, 1.82) is 0 Å². The van der Waals surface area contributed by atoms with Gasteiger partial charge in [0, 0.05) is 17.0 Å². The zero-order valence-electron chi connectivity index (χ0n) is 20.7. The summed E-state index contributed by atoms with van der Waals surface area (Å²) in [6.07, 6.45) is 0.962. The normalized spacial score (nSPS) is 13.0. The first kappa shape index (κ1) is 21.0. The Balaban J connectivity index is 1.98. The molecule has 1 aromatic heterocycles. The summed E-state index contributed by atoms with van der Waals surface area (Å²) in [4.78, 5) is 0. The number of para-hydroxylation sites is 1. The molecular weight excluding hydrogens is 390 g/mol. The summed E-state index contributed by atoms with van der Waals surface area (Å²) in [7, 11) is 2.19. The summed E-state index contributed by atoms with van der Waals surface area (Å²) in [5, 5.41) is 3.81. The molecule has 1 aliphatic heterocycles. The molecule has 2 heterocycles. The fourth-order valence-electron chi connectivity index (χ4n) is 5.24. The van der Waals surface area contributed by atoms with Crippen molar-refractivity contribution in [2.24, 2.45) is 12.5 Å². The maximum absolute atomic E-state index is 6.88. The first-order chi connectivity index (χ1) is 15.1. The smallest absolute Gasteiger partial charge is 0.257 e. The second-order valence-electron chi connectivity index (χ2n) is 11.0. The standard InChI is InChI=1S/C30H34NO/c1-17(2)20-14-21-13-18(3)19(4)26-27(21)25(15-20)32-29-23(16-30(5,6)7)22-11-9-10-12-24(22)31(8)28(26)29/h9-15,17H,16H2,1-8H3/q+1. The zero-order valence-corrected chi connectivity index (χ0v) is 20.7. The molecule has 0 aliphatic carbocycles. The average molecular weight is 425 g/mol. The van der Waals surface area contributed by atoms with Crippen LogP contribution in [0.15, 0.2) is 42.5 Å². The molecule has 2 nitrogen and oxygen atoms in total. The first-order valence-corrected chi connectivity index (χ1v) is 11.8. The number of rotatable bonds is 2. The summed E-state index contributed by atoms with van der Waals surface area (Å²) < 4.78 is 9.22. The number of fused-ring (bicyclic) bond motifs is 3. The third-order valence-corrected chi connectivity index (χ3v) is 6.98. The highest BCUT2D eigenvalue weighted by molar-refractivity contribution is 6.06. The van der Waals surface area contributed by atoms with E-state index in [0.717, 1.165) is 17.9 Å². The maximum Gasteiger partial charge on any atom is 0.257 e. The van der Waals surface area contributed by atoms with Crippen LogP contribution in [0, 0.1) is 19.3 Å². The zero-order chi connectivity index (χ0) is 22.9.